The molecule has 6 aliphatic rings. The van der Waals surface area contributed by atoms with Crippen LogP contribution < -0.4 is 0 Å². The van der Waals surface area contributed by atoms with Crippen molar-refractivity contribution in [2.75, 3.05) is 32.7 Å². The minimum absolute atomic E-state index is 0.451. The minimum atomic E-state index is 0.451. The van der Waals surface area contributed by atoms with Crippen molar-refractivity contribution in [3.05, 3.63) is 60.3 Å². The Morgan fingerprint density at radius 3 is 2.44 bits per heavy atom. The van der Waals surface area contributed by atoms with Crippen molar-refractivity contribution in [3.8, 4) is 0 Å². The molecule has 2 fully saturated rings. The van der Waals surface area contributed by atoms with Crippen molar-refractivity contribution in [1.29, 1.82) is 0 Å². The summed E-state index contributed by atoms with van der Waals surface area (Å²) in [5.74, 6) is 1.67. The molecule has 0 radical (unpaired) electrons. The zero-order valence-corrected chi connectivity index (χ0v) is 20.1. The average Bonchev–Trinajstić information content (AvgIpc) is 2.80. The molecule has 0 aromatic carbocycles. The summed E-state index contributed by atoms with van der Waals surface area (Å²) < 4.78 is 0. The fraction of sp³-hybridized carbons (Fsp3) is 0.667. The van der Waals surface area contributed by atoms with Gasteiger partial charge in [-0.1, -0.05) is 60.3 Å². The Labute approximate surface area is 196 Å². The third-order valence-electron chi connectivity index (χ3n) is 8.93. The molecule has 0 aromatic rings. The molecule has 5 heterocycles. The van der Waals surface area contributed by atoms with Gasteiger partial charge in [0.2, 0.25) is 0 Å². The molecule has 6 atom stereocenters. The fourth-order valence-electron chi connectivity index (χ4n) is 7.64. The monoisotopic (exact) mass is 432 g/mol. The quantitative estimate of drug-likeness (QED) is 0.394. The topological polar surface area (TPSA) is 6.48 Å². The maximum absolute atomic E-state index is 2.94. The number of hydrogen-bond donors (Lipinski definition) is 0. The van der Waals surface area contributed by atoms with E-state index < -0.39 is 0 Å². The van der Waals surface area contributed by atoms with Crippen LogP contribution in [0.3, 0.4) is 0 Å². The molecular weight excluding hydrogens is 388 g/mol. The van der Waals surface area contributed by atoms with Crippen molar-refractivity contribution >= 4 is 0 Å². The van der Waals surface area contributed by atoms with Crippen molar-refractivity contribution < 1.29 is 0 Å². The molecule has 0 saturated carbocycles. The molecule has 6 bridgehead atoms. The van der Waals surface area contributed by atoms with Crippen LogP contribution in [0.4, 0.5) is 0 Å². The van der Waals surface area contributed by atoms with Gasteiger partial charge in [-0.25, -0.2) is 0 Å². The van der Waals surface area contributed by atoms with Gasteiger partial charge in [-0.2, -0.15) is 0 Å². The molecular formula is C30H44N2. The molecule has 1 aliphatic carbocycles. The summed E-state index contributed by atoms with van der Waals surface area (Å²) in [4.78, 5) is 5.81. The number of piperidine rings is 2. The molecule has 0 N–H and O–H groups in total. The highest BCUT2D eigenvalue weighted by Gasteiger charge is 2.58. The van der Waals surface area contributed by atoms with Crippen molar-refractivity contribution in [3.63, 3.8) is 0 Å². The lowest BCUT2D eigenvalue weighted by Crippen LogP contribution is -2.68. The van der Waals surface area contributed by atoms with Gasteiger partial charge in [0.05, 0.1) is 0 Å². The summed E-state index contributed by atoms with van der Waals surface area (Å²) in [7, 11) is 0. The van der Waals surface area contributed by atoms with E-state index in [0.717, 1.165) is 24.7 Å². The average molecular weight is 433 g/mol. The summed E-state index contributed by atoms with van der Waals surface area (Å²) in [5.41, 5.74) is 2.25. The number of rotatable bonds is 0. The molecule has 6 rings (SSSR count). The Morgan fingerprint density at radius 1 is 0.750 bits per heavy atom. The van der Waals surface area contributed by atoms with Crippen molar-refractivity contribution in [1.82, 2.24) is 9.80 Å². The molecule has 174 valence electrons. The van der Waals surface area contributed by atoms with Crippen LogP contribution in [0.2, 0.25) is 0 Å². The summed E-state index contributed by atoms with van der Waals surface area (Å²) in [5, 5.41) is 0. The predicted molar refractivity (Wildman–Crippen MR) is 137 cm³/mol. The Morgan fingerprint density at radius 2 is 1.53 bits per heavy atom. The minimum Gasteiger partial charge on any atom is -0.303 e. The highest BCUT2D eigenvalue weighted by molar-refractivity contribution is 5.30. The molecule has 0 aromatic heterocycles. The lowest BCUT2D eigenvalue weighted by atomic mass is 9.52. The fourth-order valence-corrected chi connectivity index (χ4v) is 7.64. The molecule has 6 unspecified atom stereocenters. The van der Waals surface area contributed by atoms with Crippen LogP contribution in [0.1, 0.15) is 70.6 Å². The zero-order valence-electron chi connectivity index (χ0n) is 20.1. The SMILES string of the molecule is C1=CCC=CCCC23CN4CCCCC=CCCC5=CC(CN(CCC=CC1)C52)C3CC4. The lowest BCUT2D eigenvalue weighted by molar-refractivity contribution is -0.109. The molecule has 2 saturated heterocycles. The Balaban J connectivity index is 1.50. The van der Waals surface area contributed by atoms with Crippen LogP contribution in [0.15, 0.2) is 60.3 Å². The predicted octanol–water partition coefficient (Wildman–Crippen LogP) is 6.69. The first-order valence-electron chi connectivity index (χ1n) is 13.6. The molecule has 1 spiro atoms. The van der Waals surface area contributed by atoms with Crippen molar-refractivity contribution in [2.24, 2.45) is 17.3 Å². The van der Waals surface area contributed by atoms with Crippen molar-refractivity contribution in [2.45, 2.75) is 76.7 Å². The van der Waals surface area contributed by atoms with Crippen LogP contribution in [-0.2, 0) is 0 Å². The summed E-state index contributed by atoms with van der Waals surface area (Å²) in [6.07, 6.45) is 36.0. The van der Waals surface area contributed by atoms with Crippen LogP contribution in [0.5, 0.6) is 0 Å². The van der Waals surface area contributed by atoms with Gasteiger partial charge in [-0.3, -0.25) is 4.90 Å². The van der Waals surface area contributed by atoms with E-state index in [1.54, 1.807) is 5.57 Å². The molecule has 2 nitrogen and oxygen atoms in total. The smallest absolute Gasteiger partial charge is 0.0379 e. The molecule has 2 heteroatoms. The van der Waals surface area contributed by atoms with E-state index in [4.69, 9.17) is 0 Å². The standard InChI is InChI=1S/C30H44N2/c1-2-4-7-12-16-21-32-24-27-23-26-17-13-9-5-8-11-15-20-31-22-18-28(27)30(25-31,29(26)32)19-14-10-6-3-1/h1-2,5-7,9-10,12,23,27-29H,3-4,8,11,13-22,24-25H2. The number of allylic oxidation sites excluding steroid dienone is 7. The van der Waals surface area contributed by atoms with Crippen LogP contribution in [-0.4, -0.2) is 48.6 Å². The van der Waals surface area contributed by atoms with Crippen LogP contribution >= 0.6 is 0 Å². The Bertz CT molecular complexity index is 772. The van der Waals surface area contributed by atoms with Gasteiger partial charge in [-0.05, 0) is 95.6 Å². The maximum atomic E-state index is 2.94. The highest BCUT2D eigenvalue weighted by atomic mass is 15.2. The van der Waals surface area contributed by atoms with Gasteiger partial charge in [0, 0.05) is 31.1 Å². The Hall–Kier alpha value is -1.38. The van der Waals surface area contributed by atoms with Crippen LogP contribution in [0, 0.1) is 17.3 Å². The maximum Gasteiger partial charge on any atom is 0.0379 e. The van der Waals surface area contributed by atoms with E-state index in [9.17, 15) is 0 Å². The third kappa shape index (κ3) is 4.77. The summed E-state index contributed by atoms with van der Waals surface area (Å²) in [6, 6.07) is 0.666. The van der Waals surface area contributed by atoms with Gasteiger partial charge in [0.25, 0.3) is 0 Å². The normalized spacial score (nSPS) is 40.5. The molecule has 0 amide bonds. The Kier molecular flexibility index (Phi) is 7.49. The van der Waals surface area contributed by atoms with Crippen LogP contribution in [0.25, 0.3) is 0 Å². The van der Waals surface area contributed by atoms with E-state index in [1.807, 2.05) is 0 Å². The first-order chi connectivity index (χ1) is 15.9. The van der Waals surface area contributed by atoms with Gasteiger partial charge in [0.15, 0.2) is 0 Å². The highest BCUT2D eigenvalue weighted by Crippen LogP contribution is 2.57. The second kappa shape index (κ2) is 10.7. The van der Waals surface area contributed by atoms with E-state index in [0.29, 0.717) is 11.5 Å². The van der Waals surface area contributed by atoms with Gasteiger partial charge in [-0.15, -0.1) is 0 Å². The van der Waals surface area contributed by atoms with Gasteiger partial charge in [0.1, 0.15) is 0 Å². The second-order valence-electron chi connectivity index (χ2n) is 10.9. The van der Waals surface area contributed by atoms with E-state index in [-0.39, 0.29) is 0 Å². The lowest BCUT2D eigenvalue weighted by Gasteiger charge is -2.64. The number of fused-ring (bicyclic) bond motifs is 1. The molecule has 5 aliphatic heterocycles. The third-order valence-corrected chi connectivity index (χ3v) is 8.93. The molecule has 32 heavy (non-hydrogen) atoms. The summed E-state index contributed by atoms with van der Waals surface area (Å²) in [6.45, 7) is 6.52. The largest absolute Gasteiger partial charge is 0.303 e. The number of hydrogen-bond acceptors (Lipinski definition) is 2. The first-order valence-corrected chi connectivity index (χ1v) is 13.6. The van der Waals surface area contributed by atoms with Gasteiger partial charge >= 0.3 is 0 Å². The number of nitrogens with zero attached hydrogens (tertiary/aromatic N) is 2. The van der Waals surface area contributed by atoms with E-state index in [2.05, 4.69) is 64.5 Å². The van der Waals surface area contributed by atoms with Gasteiger partial charge < -0.3 is 4.90 Å². The second-order valence-corrected chi connectivity index (χ2v) is 10.9. The summed E-state index contributed by atoms with van der Waals surface area (Å²) >= 11 is 0. The van der Waals surface area contributed by atoms with E-state index >= 15 is 0 Å². The zero-order chi connectivity index (χ0) is 21.6. The van der Waals surface area contributed by atoms with E-state index in [1.165, 1.54) is 90.5 Å². The first kappa shape index (κ1) is 22.4.